The van der Waals surface area contributed by atoms with Gasteiger partial charge in [-0.1, -0.05) is 37.0 Å². The lowest BCUT2D eigenvalue weighted by molar-refractivity contribution is 0.252. The summed E-state index contributed by atoms with van der Waals surface area (Å²) < 4.78 is 0. The third-order valence-corrected chi connectivity index (χ3v) is 3.96. The predicted molar refractivity (Wildman–Crippen MR) is 73.9 cm³/mol. The molecule has 0 aromatic heterocycles. The largest absolute Gasteiger partial charge is 0.398 e. The van der Waals surface area contributed by atoms with E-state index in [1.165, 1.54) is 43.2 Å². The Hall–Kier alpha value is -1.02. The van der Waals surface area contributed by atoms with Crippen molar-refractivity contribution in [1.82, 2.24) is 5.32 Å². The molecule has 0 bridgehead atoms. The summed E-state index contributed by atoms with van der Waals surface area (Å²) in [6.07, 6.45) is 6.68. The van der Waals surface area contributed by atoms with Crippen LogP contribution in [0.1, 0.15) is 50.2 Å². The zero-order valence-corrected chi connectivity index (χ0v) is 11.1. The van der Waals surface area contributed by atoms with E-state index in [1.54, 1.807) is 0 Å². The van der Waals surface area contributed by atoms with Gasteiger partial charge in [-0.05, 0) is 38.3 Å². The number of nitrogen functional groups attached to an aromatic ring is 1. The maximum absolute atomic E-state index is 6.01. The van der Waals surface area contributed by atoms with Gasteiger partial charge in [0.05, 0.1) is 0 Å². The van der Waals surface area contributed by atoms with Crippen molar-refractivity contribution in [2.45, 2.75) is 58.0 Å². The Morgan fingerprint density at radius 1 is 1.24 bits per heavy atom. The summed E-state index contributed by atoms with van der Waals surface area (Å²) in [5.74, 6) is 0. The highest BCUT2D eigenvalue weighted by atomic mass is 15.0. The Labute approximate surface area is 105 Å². The summed E-state index contributed by atoms with van der Waals surface area (Å²) in [7, 11) is 0. The van der Waals surface area contributed by atoms with E-state index in [9.17, 15) is 0 Å². The minimum atomic E-state index is 0.314. The Kier molecular flexibility index (Phi) is 3.72. The van der Waals surface area contributed by atoms with Crippen LogP contribution >= 0.6 is 0 Å². The molecule has 1 aromatic rings. The van der Waals surface area contributed by atoms with Gasteiger partial charge in [0.1, 0.15) is 0 Å². The van der Waals surface area contributed by atoms with Crippen molar-refractivity contribution in [3.8, 4) is 0 Å². The number of benzene rings is 1. The van der Waals surface area contributed by atoms with Crippen LogP contribution in [0.5, 0.6) is 0 Å². The summed E-state index contributed by atoms with van der Waals surface area (Å²) in [5.41, 5.74) is 9.74. The molecule has 2 heteroatoms. The van der Waals surface area contributed by atoms with Gasteiger partial charge in [-0.2, -0.15) is 0 Å². The van der Waals surface area contributed by atoms with E-state index in [0.29, 0.717) is 5.54 Å². The fourth-order valence-electron chi connectivity index (χ4n) is 2.71. The molecule has 94 valence electrons. The van der Waals surface area contributed by atoms with Crippen LogP contribution in [-0.4, -0.2) is 5.54 Å². The van der Waals surface area contributed by atoms with Crippen molar-refractivity contribution in [2.24, 2.45) is 0 Å². The van der Waals surface area contributed by atoms with Gasteiger partial charge in [0.25, 0.3) is 0 Å². The van der Waals surface area contributed by atoms with Gasteiger partial charge < -0.3 is 11.1 Å². The zero-order chi connectivity index (χ0) is 12.3. The van der Waals surface area contributed by atoms with Gasteiger partial charge in [-0.3, -0.25) is 0 Å². The molecule has 3 N–H and O–H groups in total. The zero-order valence-electron chi connectivity index (χ0n) is 11.1. The molecule has 1 saturated carbocycles. The molecule has 0 radical (unpaired) electrons. The fourth-order valence-corrected chi connectivity index (χ4v) is 2.71. The van der Waals surface area contributed by atoms with Gasteiger partial charge in [0.15, 0.2) is 0 Å². The highest BCUT2D eigenvalue weighted by Gasteiger charge is 2.25. The number of anilines is 1. The first-order valence-electron chi connectivity index (χ1n) is 6.69. The van der Waals surface area contributed by atoms with Crippen molar-refractivity contribution < 1.29 is 0 Å². The highest BCUT2D eigenvalue weighted by Crippen LogP contribution is 2.28. The Bertz CT molecular complexity index is 379. The number of hydrogen-bond donors (Lipinski definition) is 2. The molecule has 0 spiro atoms. The second-order valence-corrected chi connectivity index (χ2v) is 5.68. The van der Waals surface area contributed by atoms with Crippen molar-refractivity contribution >= 4 is 5.69 Å². The van der Waals surface area contributed by atoms with E-state index in [2.05, 4.69) is 31.3 Å². The Morgan fingerprint density at radius 3 is 2.65 bits per heavy atom. The molecule has 1 fully saturated rings. The molecule has 1 aliphatic rings. The van der Waals surface area contributed by atoms with E-state index < -0.39 is 0 Å². The summed E-state index contributed by atoms with van der Waals surface area (Å²) in [6, 6.07) is 6.27. The smallest absolute Gasteiger partial charge is 0.0359 e. The van der Waals surface area contributed by atoms with Crippen LogP contribution in [0.4, 0.5) is 5.69 Å². The van der Waals surface area contributed by atoms with Crippen molar-refractivity contribution in [2.75, 3.05) is 5.73 Å². The molecule has 1 aliphatic carbocycles. The Morgan fingerprint density at radius 2 is 1.94 bits per heavy atom. The van der Waals surface area contributed by atoms with Crippen LogP contribution in [0, 0.1) is 6.92 Å². The highest BCUT2D eigenvalue weighted by molar-refractivity contribution is 5.48. The third kappa shape index (κ3) is 3.22. The van der Waals surface area contributed by atoms with Gasteiger partial charge in [0, 0.05) is 17.8 Å². The van der Waals surface area contributed by atoms with Crippen LogP contribution in [0.15, 0.2) is 18.2 Å². The monoisotopic (exact) mass is 232 g/mol. The topological polar surface area (TPSA) is 38.0 Å². The van der Waals surface area contributed by atoms with E-state index in [4.69, 9.17) is 5.73 Å². The summed E-state index contributed by atoms with van der Waals surface area (Å²) >= 11 is 0. The van der Waals surface area contributed by atoms with Crippen molar-refractivity contribution in [3.05, 3.63) is 29.3 Å². The normalized spacial score (nSPS) is 19.2. The molecule has 1 aromatic carbocycles. The SMILES string of the molecule is Cc1ccc(N)c(CNC2(C)CCCCC2)c1. The number of hydrogen-bond acceptors (Lipinski definition) is 2. The molecular weight excluding hydrogens is 208 g/mol. The molecule has 0 saturated heterocycles. The second kappa shape index (κ2) is 5.09. The van der Waals surface area contributed by atoms with Crippen LogP contribution in [0.25, 0.3) is 0 Å². The maximum atomic E-state index is 6.01. The van der Waals surface area contributed by atoms with E-state index in [-0.39, 0.29) is 0 Å². The Balaban J connectivity index is 1.99. The van der Waals surface area contributed by atoms with Gasteiger partial charge in [0.2, 0.25) is 0 Å². The molecular formula is C15H24N2. The van der Waals surface area contributed by atoms with E-state index >= 15 is 0 Å². The molecule has 0 heterocycles. The second-order valence-electron chi connectivity index (χ2n) is 5.68. The third-order valence-electron chi connectivity index (χ3n) is 3.96. The first-order chi connectivity index (χ1) is 8.09. The molecule has 0 unspecified atom stereocenters. The standard InChI is InChI=1S/C15H24N2/c1-12-6-7-14(16)13(10-12)11-17-15(2)8-4-3-5-9-15/h6-7,10,17H,3-5,8-9,11,16H2,1-2H3. The molecule has 17 heavy (non-hydrogen) atoms. The summed E-state index contributed by atoms with van der Waals surface area (Å²) in [5, 5.41) is 3.70. The minimum absolute atomic E-state index is 0.314. The van der Waals surface area contributed by atoms with Gasteiger partial charge in [-0.15, -0.1) is 0 Å². The molecule has 2 nitrogen and oxygen atoms in total. The van der Waals surface area contributed by atoms with Crippen LogP contribution < -0.4 is 11.1 Å². The number of nitrogens with one attached hydrogen (secondary N) is 1. The summed E-state index contributed by atoms with van der Waals surface area (Å²) in [4.78, 5) is 0. The van der Waals surface area contributed by atoms with E-state index in [1.807, 2.05) is 6.07 Å². The average molecular weight is 232 g/mol. The van der Waals surface area contributed by atoms with Crippen molar-refractivity contribution in [1.29, 1.82) is 0 Å². The maximum Gasteiger partial charge on any atom is 0.0359 e. The molecule has 2 rings (SSSR count). The lowest BCUT2D eigenvalue weighted by atomic mass is 9.83. The minimum Gasteiger partial charge on any atom is -0.398 e. The number of nitrogens with two attached hydrogens (primary N) is 1. The molecule has 0 aliphatic heterocycles. The fraction of sp³-hybridized carbons (Fsp3) is 0.600. The predicted octanol–water partition coefficient (Wildman–Crippen LogP) is 3.39. The average Bonchev–Trinajstić information content (AvgIpc) is 2.31. The van der Waals surface area contributed by atoms with Crippen LogP contribution in [0.3, 0.4) is 0 Å². The van der Waals surface area contributed by atoms with Crippen LogP contribution in [0.2, 0.25) is 0 Å². The first-order valence-corrected chi connectivity index (χ1v) is 6.69. The lowest BCUT2D eigenvalue weighted by Gasteiger charge is -2.35. The lowest BCUT2D eigenvalue weighted by Crippen LogP contribution is -2.43. The van der Waals surface area contributed by atoms with Gasteiger partial charge in [-0.25, -0.2) is 0 Å². The number of rotatable bonds is 3. The van der Waals surface area contributed by atoms with Crippen LogP contribution in [-0.2, 0) is 6.54 Å². The molecule has 0 atom stereocenters. The van der Waals surface area contributed by atoms with Crippen molar-refractivity contribution in [3.63, 3.8) is 0 Å². The quantitative estimate of drug-likeness (QED) is 0.784. The van der Waals surface area contributed by atoms with Gasteiger partial charge >= 0.3 is 0 Å². The van der Waals surface area contributed by atoms with E-state index in [0.717, 1.165) is 12.2 Å². The molecule has 0 amide bonds. The first kappa shape index (κ1) is 12.4. The summed E-state index contributed by atoms with van der Waals surface area (Å²) in [6.45, 7) is 5.35. The number of aryl methyl sites for hydroxylation is 1.